The zero-order valence-corrected chi connectivity index (χ0v) is 15.8. The minimum Gasteiger partial charge on any atom is -0.494 e. The fraction of sp³-hybridized carbons (Fsp3) is 0.632. The number of hydrogen-bond acceptors (Lipinski definition) is 4. The number of amides is 1. The smallest absolute Gasteiger partial charge is 0.494 e. The summed E-state index contributed by atoms with van der Waals surface area (Å²) < 4.78 is 51.2. The fourth-order valence-corrected chi connectivity index (χ4v) is 2.81. The van der Waals surface area contributed by atoms with Crippen molar-refractivity contribution in [3.05, 3.63) is 24.3 Å². The second-order valence-corrected chi connectivity index (χ2v) is 7.57. The highest BCUT2D eigenvalue weighted by molar-refractivity contribution is 5.68. The molecule has 1 saturated heterocycles. The maximum absolute atomic E-state index is 12.1. The summed E-state index contributed by atoms with van der Waals surface area (Å²) in [6.45, 7) is 7.31. The molecular weight excluding hydrogens is 363 g/mol. The van der Waals surface area contributed by atoms with Gasteiger partial charge in [-0.1, -0.05) is 0 Å². The number of carbonyl (C=O) groups is 1. The monoisotopic (exact) mass is 389 g/mol. The first kappa shape index (κ1) is 21.2. The summed E-state index contributed by atoms with van der Waals surface area (Å²) in [6.07, 6.45) is -2.40. The first-order valence-electron chi connectivity index (χ1n) is 8.98. The molecule has 0 atom stereocenters. The van der Waals surface area contributed by atoms with Crippen molar-refractivity contribution >= 4 is 6.09 Å². The Kier molecular flexibility index (Phi) is 6.84. The number of alkyl halides is 3. The van der Waals surface area contributed by atoms with Crippen LogP contribution in [0.5, 0.6) is 11.5 Å². The van der Waals surface area contributed by atoms with Crippen molar-refractivity contribution in [3.63, 3.8) is 0 Å². The molecule has 0 unspecified atom stereocenters. The molecule has 0 spiro atoms. The van der Waals surface area contributed by atoms with Crippen LogP contribution >= 0.6 is 0 Å². The van der Waals surface area contributed by atoms with Gasteiger partial charge in [0.15, 0.2) is 0 Å². The van der Waals surface area contributed by atoms with E-state index in [2.05, 4.69) is 4.74 Å². The van der Waals surface area contributed by atoms with Gasteiger partial charge >= 0.3 is 12.5 Å². The van der Waals surface area contributed by atoms with Crippen LogP contribution in [0.4, 0.5) is 18.0 Å². The lowest BCUT2D eigenvalue weighted by atomic mass is 9.94. The number of halogens is 3. The van der Waals surface area contributed by atoms with Crippen LogP contribution in [0.15, 0.2) is 24.3 Å². The third-order valence-electron chi connectivity index (χ3n) is 4.12. The van der Waals surface area contributed by atoms with Crippen LogP contribution in [0.25, 0.3) is 0 Å². The average molecular weight is 389 g/mol. The SMILES string of the molecule is CC(C)(C)OC(=O)N1CCC(CCOc2ccc(OC(F)(F)F)cc2)CC1. The molecule has 1 aliphatic heterocycles. The van der Waals surface area contributed by atoms with Crippen molar-refractivity contribution < 1.29 is 32.2 Å². The molecule has 1 heterocycles. The predicted molar refractivity (Wildman–Crippen MR) is 93.8 cm³/mol. The molecule has 0 aliphatic carbocycles. The Morgan fingerprint density at radius 1 is 1.07 bits per heavy atom. The van der Waals surface area contributed by atoms with Gasteiger partial charge < -0.3 is 19.1 Å². The van der Waals surface area contributed by atoms with E-state index in [4.69, 9.17) is 9.47 Å². The number of ether oxygens (including phenoxy) is 3. The lowest BCUT2D eigenvalue weighted by molar-refractivity contribution is -0.274. The molecule has 1 aliphatic rings. The highest BCUT2D eigenvalue weighted by Crippen LogP contribution is 2.26. The van der Waals surface area contributed by atoms with Crippen molar-refractivity contribution in [2.45, 2.75) is 52.0 Å². The molecular formula is C19H26F3NO4. The van der Waals surface area contributed by atoms with Gasteiger partial charge in [0.2, 0.25) is 0 Å². The van der Waals surface area contributed by atoms with Crippen molar-refractivity contribution in [1.29, 1.82) is 0 Å². The predicted octanol–water partition coefficient (Wildman–Crippen LogP) is 5.00. The van der Waals surface area contributed by atoms with E-state index in [0.29, 0.717) is 31.4 Å². The molecule has 2 rings (SSSR count). The summed E-state index contributed by atoms with van der Waals surface area (Å²) in [6, 6.07) is 5.35. The number of likely N-dealkylation sites (tertiary alicyclic amines) is 1. The molecule has 1 amide bonds. The Morgan fingerprint density at radius 2 is 1.63 bits per heavy atom. The van der Waals surface area contributed by atoms with Gasteiger partial charge in [0.1, 0.15) is 17.1 Å². The number of nitrogens with zero attached hydrogens (tertiary/aromatic N) is 1. The number of rotatable bonds is 5. The van der Waals surface area contributed by atoms with E-state index in [-0.39, 0.29) is 11.8 Å². The Labute approximate surface area is 157 Å². The van der Waals surface area contributed by atoms with Gasteiger partial charge in [-0.25, -0.2) is 4.79 Å². The number of carbonyl (C=O) groups excluding carboxylic acids is 1. The second kappa shape index (κ2) is 8.71. The third-order valence-corrected chi connectivity index (χ3v) is 4.12. The molecule has 1 aromatic carbocycles. The highest BCUT2D eigenvalue weighted by Gasteiger charge is 2.31. The van der Waals surface area contributed by atoms with Gasteiger partial charge in [0.05, 0.1) is 6.61 Å². The van der Waals surface area contributed by atoms with Crippen LogP contribution in [0.3, 0.4) is 0 Å². The molecule has 8 heteroatoms. The van der Waals surface area contributed by atoms with Gasteiger partial charge in [0.25, 0.3) is 0 Å². The van der Waals surface area contributed by atoms with Crippen LogP contribution in [0.2, 0.25) is 0 Å². The van der Waals surface area contributed by atoms with E-state index >= 15 is 0 Å². The van der Waals surface area contributed by atoms with E-state index in [1.165, 1.54) is 24.3 Å². The third kappa shape index (κ3) is 7.97. The summed E-state index contributed by atoms with van der Waals surface area (Å²) in [7, 11) is 0. The largest absolute Gasteiger partial charge is 0.573 e. The maximum atomic E-state index is 12.1. The highest BCUT2D eigenvalue weighted by atomic mass is 19.4. The fourth-order valence-electron chi connectivity index (χ4n) is 2.81. The zero-order chi connectivity index (χ0) is 20.1. The van der Waals surface area contributed by atoms with E-state index < -0.39 is 12.0 Å². The summed E-state index contributed by atoms with van der Waals surface area (Å²) in [5.74, 6) is 0.664. The minimum atomic E-state index is -4.70. The summed E-state index contributed by atoms with van der Waals surface area (Å²) in [5, 5.41) is 0. The van der Waals surface area contributed by atoms with E-state index in [1.54, 1.807) is 4.90 Å². The molecule has 152 valence electrons. The van der Waals surface area contributed by atoms with Gasteiger partial charge in [0, 0.05) is 13.1 Å². The maximum Gasteiger partial charge on any atom is 0.573 e. The lowest BCUT2D eigenvalue weighted by Crippen LogP contribution is -2.41. The lowest BCUT2D eigenvalue weighted by Gasteiger charge is -2.33. The van der Waals surface area contributed by atoms with Crippen molar-refractivity contribution in [3.8, 4) is 11.5 Å². The quantitative estimate of drug-likeness (QED) is 0.711. The standard InChI is InChI=1S/C19H26F3NO4/c1-18(2,3)27-17(24)23-11-8-14(9-12-23)10-13-25-15-4-6-16(7-5-15)26-19(20,21)22/h4-7,14H,8-13H2,1-3H3. The molecule has 27 heavy (non-hydrogen) atoms. The van der Waals surface area contributed by atoms with Crippen LogP contribution in [-0.4, -0.2) is 42.7 Å². The molecule has 0 radical (unpaired) electrons. The molecule has 1 fully saturated rings. The van der Waals surface area contributed by atoms with E-state index in [1.807, 2.05) is 20.8 Å². The van der Waals surface area contributed by atoms with Crippen LogP contribution in [-0.2, 0) is 4.74 Å². The van der Waals surface area contributed by atoms with Gasteiger partial charge in [-0.05, 0) is 70.2 Å². The molecule has 0 aromatic heterocycles. The van der Waals surface area contributed by atoms with Crippen molar-refractivity contribution in [2.75, 3.05) is 19.7 Å². The summed E-state index contributed by atoms with van der Waals surface area (Å²) >= 11 is 0. The van der Waals surface area contributed by atoms with Gasteiger partial charge in [-0.2, -0.15) is 0 Å². The van der Waals surface area contributed by atoms with E-state index in [9.17, 15) is 18.0 Å². The van der Waals surface area contributed by atoms with Crippen molar-refractivity contribution in [1.82, 2.24) is 4.90 Å². The summed E-state index contributed by atoms with van der Waals surface area (Å²) in [5.41, 5.74) is -0.498. The molecule has 0 bridgehead atoms. The second-order valence-electron chi connectivity index (χ2n) is 7.57. The Hall–Kier alpha value is -2.12. The number of benzene rings is 1. The van der Waals surface area contributed by atoms with Crippen LogP contribution in [0, 0.1) is 5.92 Å². The summed E-state index contributed by atoms with van der Waals surface area (Å²) in [4.78, 5) is 13.8. The Morgan fingerprint density at radius 3 is 2.15 bits per heavy atom. The van der Waals surface area contributed by atoms with Crippen LogP contribution < -0.4 is 9.47 Å². The molecule has 5 nitrogen and oxygen atoms in total. The van der Waals surface area contributed by atoms with E-state index in [0.717, 1.165) is 19.3 Å². The Balaban J connectivity index is 1.68. The number of hydrogen-bond donors (Lipinski definition) is 0. The van der Waals surface area contributed by atoms with Crippen molar-refractivity contribution in [2.24, 2.45) is 5.92 Å². The number of piperidine rings is 1. The van der Waals surface area contributed by atoms with Crippen LogP contribution in [0.1, 0.15) is 40.0 Å². The Bertz CT molecular complexity index is 603. The first-order chi connectivity index (χ1) is 12.5. The molecule has 0 saturated carbocycles. The zero-order valence-electron chi connectivity index (χ0n) is 15.8. The first-order valence-corrected chi connectivity index (χ1v) is 8.98. The normalized spacial score (nSPS) is 16.1. The minimum absolute atomic E-state index is 0.274. The average Bonchev–Trinajstić information content (AvgIpc) is 2.54. The molecule has 1 aromatic rings. The molecule has 0 N–H and O–H groups in total. The van der Waals surface area contributed by atoms with Gasteiger partial charge in [-0.15, -0.1) is 13.2 Å². The van der Waals surface area contributed by atoms with Gasteiger partial charge in [-0.3, -0.25) is 0 Å². The topological polar surface area (TPSA) is 48.0 Å².